The molecule has 4 unspecified atom stereocenters. The maximum Gasteiger partial charge on any atom is 0.326 e. The van der Waals surface area contributed by atoms with E-state index in [4.69, 9.17) is 22.3 Å². The minimum absolute atomic E-state index is 0.0434. The van der Waals surface area contributed by atoms with Gasteiger partial charge in [-0.15, -0.1) is 0 Å². The van der Waals surface area contributed by atoms with Crippen molar-refractivity contribution in [2.45, 2.75) is 69.1 Å². The lowest BCUT2D eigenvalue weighted by atomic mass is 10.0. The Labute approximate surface area is 224 Å². The number of aromatic hydroxyl groups is 1. The van der Waals surface area contributed by atoms with Crippen LogP contribution in [0.5, 0.6) is 5.75 Å². The van der Waals surface area contributed by atoms with Crippen LogP contribution in [0.2, 0.25) is 0 Å². The number of phenolic OH excluding ortho intramolecular Hbond substituents is 1. The van der Waals surface area contributed by atoms with Crippen molar-refractivity contribution in [1.82, 2.24) is 16.0 Å². The standard InChI is InChI=1S/C24H36N6O9/c25-10-2-1-3-16(28-21(35)15(26)8-9-20(33)34)22(36)29-17(11-13-4-6-14(31)7-5-13)23(37)30-18(24(38)39)12-19(27)32/h4-7,15-18,31H,1-3,8-12,25-26H2,(H2,27,32)(H,28,35)(H,29,36)(H,30,37)(H,33,34)(H,38,39). The predicted molar refractivity (Wildman–Crippen MR) is 137 cm³/mol. The highest BCUT2D eigenvalue weighted by Gasteiger charge is 2.31. The Balaban J connectivity index is 3.15. The number of carboxylic acid groups (broad SMARTS) is 2. The summed E-state index contributed by atoms with van der Waals surface area (Å²) in [5.74, 6) is -6.16. The van der Waals surface area contributed by atoms with Gasteiger partial charge in [0.15, 0.2) is 0 Å². The van der Waals surface area contributed by atoms with E-state index in [9.17, 15) is 39.0 Å². The molecule has 1 rings (SSSR count). The Morgan fingerprint density at radius 2 is 1.36 bits per heavy atom. The van der Waals surface area contributed by atoms with Crippen molar-refractivity contribution >= 4 is 35.6 Å². The van der Waals surface area contributed by atoms with Crippen molar-refractivity contribution in [3.8, 4) is 5.75 Å². The van der Waals surface area contributed by atoms with Crippen molar-refractivity contribution in [1.29, 1.82) is 0 Å². The van der Waals surface area contributed by atoms with Crippen LogP contribution in [0.4, 0.5) is 0 Å². The highest BCUT2D eigenvalue weighted by Crippen LogP contribution is 2.12. The number of unbranched alkanes of at least 4 members (excludes halogenated alkanes) is 1. The molecule has 0 radical (unpaired) electrons. The van der Waals surface area contributed by atoms with Gasteiger partial charge in [0.25, 0.3) is 0 Å². The molecule has 0 aliphatic carbocycles. The molecule has 0 aromatic heterocycles. The molecule has 1 aromatic rings. The molecule has 15 heteroatoms. The molecule has 0 bridgehead atoms. The number of phenols is 1. The molecule has 12 N–H and O–H groups in total. The summed E-state index contributed by atoms with van der Waals surface area (Å²) in [4.78, 5) is 72.3. The summed E-state index contributed by atoms with van der Waals surface area (Å²) in [7, 11) is 0. The van der Waals surface area contributed by atoms with Crippen molar-refractivity contribution in [2.75, 3.05) is 6.54 Å². The number of rotatable bonds is 18. The first-order valence-electron chi connectivity index (χ1n) is 12.2. The van der Waals surface area contributed by atoms with Crippen molar-refractivity contribution in [3.63, 3.8) is 0 Å². The monoisotopic (exact) mass is 552 g/mol. The fraction of sp³-hybridized carbons (Fsp3) is 0.500. The summed E-state index contributed by atoms with van der Waals surface area (Å²) in [6.07, 6.45) is -0.282. The van der Waals surface area contributed by atoms with Crippen molar-refractivity contribution in [2.24, 2.45) is 17.2 Å². The van der Waals surface area contributed by atoms with Crippen LogP contribution in [-0.4, -0.2) is 81.6 Å². The molecule has 216 valence electrons. The van der Waals surface area contributed by atoms with Gasteiger partial charge in [-0.1, -0.05) is 12.1 Å². The lowest BCUT2D eigenvalue weighted by Gasteiger charge is -2.25. The van der Waals surface area contributed by atoms with Gasteiger partial charge in [0, 0.05) is 12.8 Å². The lowest BCUT2D eigenvalue weighted by molar-refractivity contribution is -0.143. The molecule has 0 aliphatic heterocycles. The highest BCUT2D eigenvalue weighted by atomic mass is 16.4. The molecule has 0 heterocycles. The van der Waals surface area contributed by atoms with E-state index in [2.05, 4.69) is 16.0 Å². The zero-order chi connectivity index (χ0) is 29.5. The van der Waals surface area contributed by atoms with Gasteiger partial charge in [0.05, 0.1) is 12.5 Å². The fourth-order valence-corrected chi connectivity index (χ4v) is 3.47. The molecule has 4 atom stereocenters. The van der Waals surface area contributed by atoms with Gasteiger partial charge in [0.1, 0.15) is 23.9 Å². The Bertz CT molecular complexity index is 1020. The third kappa shape index (κ3) is 12.7. The number of nitrogens with two attached hydrogens (primary N) is 3. The summed E-state index contributed by atoms with van der Waals surface area (Å²) in [5, 5.41) is 34.8. The first-order valence-corrected chi connectivity index (χ1v) is 12.2. The molecule has 15 nitrogen and oxygen atoms in total. The van der Waals surface area contributed by atoms with E-state index in [1.54, 1.807) is 0 Å². The fourth-order valence-electron chi connectivity index (χ4n) is 3.47. The maximum absolute atomic E-state index is 13.2. The molecule has 0 aliphatic rings. The molecular weight excluding hydrogens is 516 g/mol. The normalized spacial score (nSPS) is 13.8. The zero-order valence-electron chi connectivity index (χ0n) is 21.3. The Hall–Kier alpha value is -4.24. The third-order valence-electron chi connectivity index (χ3n) is 5.61. The van der Waals surface area contributed by atoms with E-state index in [1.807, 2.05) is 0 Å². The number of nitrogens with one attached hydrogen (secondary N) is 3. The Morgan fingerprint density at radius 1 is 0.795 bits per heavy atom. The van der Waals surface area contributed by atoms with Crippen molar-refractivity contribution < 1.29 is 44.1 Å². The van der Waals surface area contributed by atoms with Gasteiger partial charge in [-0.3, -0.25) is 24.0 Å². The van der Waals surface area contributed by atoms with Gasteiger partial charge in [-0.2, -0.15) is 0 Å². The second-order valence-corrected chi connectivity index (χ2v) is 8.89. The van der Waals surface area contributed by atoms with Crippen LogP contribution in [0.1, 0.15) is 44.1 Å². The number of hydrogen-bond acceptors (Lipinski definition) is 9. The first-order chi connectivity index (χ1) is 18.3. The minimum Gasteiger partial charge on any atom is -0.508 e. The van der Waals surface area contributed by atoms with Crippen LogP contribution < -0.4 is 33.2 Å². The van der Waals surface area contributed by atoms with Gasteiger partial charge in [-0.25, -0.2) is 4.79 Å². The SMILES string of the molecule is NCCCCC(NC(=O)C(N)CCC(=O)O)C(=O)NC(Cc1ccc(O)cc1)C(=O)NC(CC(N)=O)C(=O)O. The van der Waals surface area contributed by atoms with Crippen molar-refractivity contribution in [3.05, 3.63) is 29.8 Å². The van der Waals surface area contributed by atoms with Crippen LogP contribution in [0, 0.1) is 0 Å². The molecule has 39 heavy (non-hydrogen) atoms. The third-order valence-corrected chi connectivity index (χ3v) is 5.61. The van der Waals surface area contributed by atoms with Gasteiger partial charge in [-0.05, 0) is 49.9 Å². The van der Waals surface area contributed by atoms with E-state index in [-0.39, 0.29) is 31.4 Å². The number of carbonyl (C=O) groups is 6. The molecular formula is C24H36N6O9. The summed E-state index contributed by atoms with van der Waals surface area (Å²) in [6, 6.07) is 0.307. The topological polar surface area (TPSA) is 277 Å². The number of primary amides is 1. The van der Waals surface area contributed by atoms with E-state index in [1.165, 1.54) is 24.3 Å². The van der Waals surface area contributed by atoms with Crippen LogP contribution in [0.3, 0.4) is 0 Å². The quantitative estimate of drug-likeness (QED) is 0.0871. The average molecular weight is 553 g/mol. The predicted octanol–water partition coefficient (Wildman–Crippen LogP) is -2.33. The van der Waals surface area contributed by atoms with Gasteiger partial charge < -0.3 is 48.5 Å². The van der Waals surface area contributed by atoms with Crippen LogP contribution >= 0.6 is 0 Å². The number of hydrogen-bond donors (Lipinski definition) is 9. The number of benzene rings is 1. The van der Waals surface area contributed by atoms with E-state index in [0.717, 1.165) is 0 Å². The molecule has 4 amide bonds. The Morgan fingerprint density at radius 3 is 1.90 bits per heavy atom. The molecule has 0 fully saturated rings. The first kappa shape index (κ1) is 32.8. The van der Waals surface area contributed by atoms with Crippen LogP contribution in [-0.2, 0) is 35.2 Å². The summed E-state index contributed by atoms with van der Waals surface area (Å²) in [5.41, 5.74) is 16.8. The van der Waals surface area contributed by atoms with Crippen LogP contribution in [0.15, 0.2) is 24.3 Å². The molecule has 0 saturated carbocycles. The van der Waals surface area contributed by atoms with Gasteiger partial charge in [0.2, 0.25) is 23.6 Å². The van der Waals surface area contributed by atoms with Gasteiger partial charge >= 0.3 is 11.9 Å². The minimum atomic E-state index is -1.65. The number of amides is 4. The number of carbonyl (C=O) groups excluding carboxylic acids is 4. The second-order valence-electron chi connectivity index (χ2n) is 8.89. The molecule has 0 saturated heterocycles. The number of carboxylic acids is 2. The number of aliphatic carboxylic acids is 2. The second kappa shape index (κ2) is 16.6. The lowest BCUT2D eigenvalue weighted by Crippen LogP contribution is -2.57. The molecule has 0 spiro atoms. The van der Waals surface area contributed by atoms with Crippen LogP contribution in [0.25, 0.3) is 0 Å². The van der Waals surface area contributed by atoms with E-state index >= 15 is 0 Å². The molecule has 1 aromatic carbocycles. The largest absolute Gasteiger partial charge is 0.508 e. The Kier molecular flexibility index (Phi) is 13.9. The zero-order valence-corrected chi connectivity index (χ0v) is 21.3. The maximum atomic E-state index is 13.2. The summed E-state index contributed by atoms with van der Waals surface area (Å²) >= 11 is 0. The summed E-state index contributed by atoms with van der Waals surface area (Å²) in [6.45, 7) is 0.322. The van der Waals surface area contributed by atoms with E-state index in [0.29, 0.717) is 24.9 Å². The van der Waals surface area contributed by atoms with E-state index < -0.39 is 66.2 Å². The average Bonchev–Trinajstić information content (AvgIpc) is 2.86. The summed E-state index contributed by atoms with van der Waals surface area (Å²) < 4.78 is 0. The smallest absolute Gasteiger partial charge is 0.326 e. The highest BCUT2D eigenvalue weighted by molar-refractivity contribution is 5.95.